The number of amides is 1. The maximum Gasteiger partial charge on any atom is 0.263 e. The van der Waals surface area contributed by atoms with Crippen molar-refractivity contribution >= 4 is 5.91 Å². The molecule has 0 saturated heterocycles. The van der Waals surface area contributed by atoms with Gasteiger partial charge in [0.1, 0.15) is 5.75 Å². The van der Waals surface area contributed by atoms with E-state index in [1.54, 1.807) is 0 Å². The fourth-order valence-electron chi connectivity index (χ4n) is 2.58. The van der Waals surface area contributed by atoms with Gasteiger partial charge >= 0.3 is 0 Å². The van der Waals surface area contributed by atoms with E-state index < -0.39 is 6.10 Å². The Bertz CT molecular complexity index is 494. The van der Waals surface area contributed by atoms with Crippen molar-refractivity contribution < 1.29 is 9.53 Å². The summed E-state index contributed by atoms with van der Waals surface area (Å²) in [5, 5.41) is 0. The quantitative estimate of drug-likeness (QED) is 0.796. The van der Waals surface area contributed by atoms with E-state index in [1.807, 2.05) is 37.1 Å². The van der Waals surface area contributed by atoms with Gasteiger partial charge in [0.05, 0.1) is 0 Å². The van der Waals surface area contributed by atoms with Gasteiger partial charge in [-0.3, -0.25) is 4.79 Å². The van der Waals surface area contributed by atoms with Crippen molar-refractivity contribution in [1.82, 2.24) is 4.90 Å². The van der Waals surface area contributed by atoms with Crippen molar-refractivity contribution in [3.05, 3.63) is 29.8 Å². The Labute approximate surface area is 128 Å². The first kappa shape index (κ1) is 15.9. The Morgan fingerprint density at radius 3 is 2.48 bits per heavy atom. The van der Waals surface area contributed by atoms with Gasteiger partial charge in [0.25, 0.3) is 5.91 Å². The number of hydrogen-bond donors (Lipinski definition) is 0. The van der Waals surface area contributed by atoms with Crippen LogP contribution in [0.15, 0.2) is 24.3 Å². The highest BCUT2D eigenvalue weighted by molar-refractivity contribution is 5.81. The second-order valence-corrected chi connectivity index (χ2v) is 6.51. The van der Waals surface area contributed by atoms with Crippen LogP contribution >= 0.6 is 0 Å². The van der Waals surface area contributed by atoms with E-state index in [-0.39, 0.29) is 5.91 Å². The van der Waals surface area contributed by atoms with Crippen LogP contribution in [0.5, 0.6) is 5.75 Å². The van der Waals surface area contributed by atoms with Gasteiger partial charge < -0.3 is 9.64 Å². The summed E-state index contributed by atoms with van der Waals surface area (Å²) in [4.78, 5) is 14.3. The largest absolute Gasteiger partial charge is 0.481 e. The lowest BCUT2D eigenvalue weighted by molar-refractivity contribution is -0.138. The van der Waals surface area contributed by atoms with E-state index in [4.69, 9.17) is 4.74 Å². The van der Waals surface area contributed by atoms with Crippen molar-refractivity contribution in [2.45, 2.75) is 58.6 Å². The summed E-state index contributed by atoms with van der Waals surface area (Å²) < 4.78 is 5.85. The smallest absolute Gasteiger partial charge is 0.263 e. The molecule has 1 saturated carbocycles. The molecule has 0 radical (unpaired) electrons. The molecule has 0 N–H and O–H groups in total. The molecular formula is C18H27NO2. The summed E-state index contributed by atoms with van der Waals surface area (Å²) in [6.45, 7) is 8.26. The molecule has 0 aromatic heterocycles. The Kier molecular flexibility index (Phi) is 4.92. The van der Waals surface area contributed by atoms with Crippen LogP contribution in [0.2, 0.25) is 0 Å². The van der Waals surface area contributed by atoms with Gasteiger partial charge in [0, 0.05) is 13.1 Å². The number of ether oxygens (including phenoxy) is 1. The summed E-state index contributed by atoms with van der Waals surface area (Å²) in [5.41, 5.74) is 1.23. The molecule has 2 atom stereocenters. The van der Waals surface area contributed by atoms with E-state index in [0.29, 0.717) is 17.9 Å². The number of nitrogens with zero attached hydrogens (tertiary/aromatic N) is 1. The van der Waals surface area contributed by atoms with Crippen LogP contribution in [-0.2, 0) is 4.79 Å². The van der Waals surface area contributed by atoms with Crippen LogP contribution < -0.4 is 4.74 Å². The van der Waals surface area contributed by atoms with Gasteiger partial charge in [0.2, 0.25) is 0 Å². The molecule has 2 unspecified atom stereocenters. The molecule has 0 aliphatic heterocycles. The number of carbonyl (C=O) groups excluding carboxylic acids is 1. The van der Waals surface area contributed by atoms with E-state index >= 15 is 0 Å². The van der Waals surface area contributed by atoms with Crippen LogP contribution in [0.4, 0.5) is 0 Å². The third-order valence-electron chi connectivity index (χ3n) is 4.45. The Morgan fingerprint density at radius 1 is 1.24 bits per heavy atom. The molecule has 1 aliphatic rings. The number of carbonyl (C=O) groups is 1. The van der Waals surface area contributed by atoms with E-state index in [2.05, 4.69) is 26.8 Å². The molecule has 1 aromatic carbocycles. The Balaban J connectivity index is 1.98. The zero-order valence-electron chi connectivity index (χ0n) is 13.8. The number of hydrogen-bond acceptors (Lipinski definition) is 2. The standard InChI is InChI=1S/C18H27NO2/c1-12(2)16-7-6-8-17(11-16)21-14(4)18(20)19(5)13(3)15-9-10-15/h6-8,11-15H,9-10H2,1-5H3. The van der Waals surface area contributed by atoms with E-state index in [0.717, 1.165) is 5.75 Å². The highest BCUT2D eigenvalue weighted by Crippen LogP contribution is 2.35. The maximum atomic E-state index is 12.4. The van der Waals surface area contributed by atoms with Gasteiger partial charge in [-0.2, -0.15) is 0 Å². The summed E-state index contributed by atoms with van der Waals surface area (Å²) in [7, 11) is 1.88. The van der Waals surface area contributed by atoms with Crippen molar-refractivity contribution in [3.8, 4) is 5.75 Å². The molecule has 0 bridgehead atoms. The van der Waals surface area contributed by atoms with Crippen molar-refractivity contribution in [3.63, 3.8) is 0 Å². The predicted molar refractivity (Wildman–Crippen MR) is 85.6 cm³/mol. The summed E-state index contributed by atoms with van der Waals surface area (Å²) in [6, 6.07) is 8.33. The fourth-order valence-corrected chi connectivity index (χ4v) is 2.58. The number of benzene rings is 1. The van der Waals surface area contributed by atoms with E-state index in [9.17, 15) is 4.79 Å². The highest BCUT2D eigenvalue weighted by atomic mass is 16.5. The van der Waals surface area contributed by atoms with Crippen molar-refractivity contribution in [2.75, 3.05) is 7.05 Å². The molecule has 21 heavy (non-hydrogen) atoms. The molecule has 0 spiro atoms. The predicted octanol–water partition coefficient (Wildman–Crippen LogP) is 3.83. The maximum absolute atomic E-state index is 12.4. The first-order valence-electron chi connectivity index (χ1n) is 7.93. The first-order valence-corrected chi connectivity index (χ1v) is 7.93. The first-order chi connectivity index (χ1) is 9.90. The monoisotopic (exact) mass is 289 g/mol. The SMILES string of the molecule is CC(Oc1cccc(C(C)C)c1)C(=O)N(C)C(C)C1CC1. The minimum atomic E-state index is -0.446. The molecule has 0 heterocycles. The normalized spacial score (nSPS) is 17.4. The number of likely N-dealkylation sites (N-methyl/N-ethyl adjacent to an activating group) is 1. The van der Waals surface area contributed by atoms with Gasteiger partial charge in [-0.1, -0.05) is 26.0 Å². The van der Waals surface area contributed by atoms with Crippen LogP contribution in [0.3, 0.4) is 0 Å². The highest BCUT2D eigenvalue weighted by Gasteiger charge is 2.34. The minimum Gasteiger partial charge on any atom is -0.481 e. The second kappa shape index (κ2) is 6.50. The average Bonchev–Trinajstić information content (AvgIpc) is 3.29. The lowest BCUT2D eigenvalue weighted by Crippen LogP contribution is -2.43. The average molecular weight is 289 g/mol. The molecule has 1 aromatic rings. The van der Waals surface area contributed by atoms with Crippen LogP contribution in [-0.4, -0.2) is 30.0 Å². The van der Waals surface area contributed by atoms with Crippen LogP contribution in [0, 0.1) is 5.92 Å². The van der Waals surface area contributed by atoms with Crippen molar-refractivity contribution in [2.24, 2.45) is 5.92 Å². The molecule has 2 rings (SSSR count). The molecule has 116 valence electrons. The van der Waals surface area contributed by atoms with Gasteiger partial charge in [0.15, 0.2) is 6.10 Å². The molecule has 1 aliphatic carbocycles. The summed E-state index contributed by atoms with van der Waals surface area (Å²) in [6.07, 6.45) is 2.04. The zero-order chi connectivity index (χ0) is 15.6. The van der Waals surface area contributed by atoms with Crippen LogP contribution in [0.1, 0.15) is 52.0 Å². The fraction of sp³-hybridized carbons (Fsp3) is 0.611. The second-order valence-electron chi connectivity index (χ2n) is 6.51. The Morgan fingerprint density at radius 2 is 1.90 bits per heavy atom. The third kappa shape index (κ3) is 3.99. The summed E-state index contributed by atoms with van der Waals surface area (Å²) in [5.74, 6) is 1.96. The Hall–Kier alpha value is -1.51. The van der Waals surface area contributed by atoms with Crippen molar-refractivity contribution in [1.29, 1.82) is 0 Å². The molecule has 3 nitrogen and oxygen atoms in total. The van der Waals surface area contributed by atoms with Crippen LogP contribution in [0.25, 0.3) is 0 Å². The van der Waals surface area contributed by atoms with Gasteiger partial charge in [-0.15, -0.1) is 0 Å². The zero-order valence-corrected chi connectivity index (χ0v) is 13.8. The van der Waals surface area contributed by atoms with Gasteiger partial charge in [-0.05, 0) is 56.2 Å². The lowest BCUT2D eigenvalue weighted by atomic mass is 10.0. The van der Waals surface area contributed by atoms with Gasteiger partial charge in [-0.25, -0.2) is 0 Å². The topological polar surface area (TPSA) is 29.5 Å². The summed E-state index contributed by atoms with van der Waals surface area (Å²) >= 11 is 0. The number of rotatable bonds is 6. The minimum absolute atomic E-state index is 0.0596. The molecular weight excluding hydrogens is 262 g/mol. The van der Waals surface area contributed by atoms with E-state index in [1.165, 1.54) is 18.4 Å². The third-order valence-corrected chi connectivity index (χ3v) is 4.45. The lowest BCUT2D eigenvalue weighted by Gasteiger charge is -2.28. The molecule has 1 fully saturated rings. The molecule has 3 heteroatoms. The molecule has 1 amide bonds.